The molecule has 1 aliphatic rings. The molecule has 0 unspecified atom stereocenters. The van der Waals surface area contributed by atoms with Crippen molar-refractivity contribution in [2.24, 2.45) is 0 Å². The van der Waals surface area contributed by atoms with Crippen LogP contribution >= 0.6 is 0 Å². The maximum absolute atomic E-state index is 4.18. The second kappa shape index (κ2) is 1.97. The van der Waals surface area contributed by atoms with Crippen molar-refractivity contribution < 1.29 is 0 Å². The zero-order valence-electron chi connectivity index (χ0n) is 6.02. The number of aryl methyl sites for hydroxylation is 1. The summed E-state index contributed by atoms with van der Waals surface area (Å²) in [6.07, 6.45) is 6.21. The molecule has 0 bridgehead atoms. The summed E-state index contributed by atoms with van der Waals surface area (Å²) in [6, 6.07) is 0. The smallest absolute Gasteiger partial charge is 0.0929 e. The molecule has 0 aliphatic heterocycles. The van der Waals surface area contributed by atoms with Gasteiger partial charge >= 0.3 is 0 Å². The maximum Gasteiger partial charge on any atom is 0.0929 e. The van der Waals surface area contributed by atoms with Gasteiger partial charge in [0, 0.05) is 5.69 Å². The number of hydrogen-bond acceptors (Lipinski definition) is 1. The Hall–Kier alpha value is -1.05. The number of imidazole rings is 1. The van der Waals surface area contributed by atoms with E-state index in [0.717, 1.165) is 12.1 Å². The average Bonchev–Trinajstić information content (AvgIpc) is 2.33. The van der Waals surface area contributed by atoms with E-state index >= 15 is 0 Å². The van der Waals surface area contributed by atoms with Crippen LogP contribution in [0.25, 0.3) is 6.08 Å². The van der Waals surface area contributed by atoms with Crippen molar-refractivity contribution in [1.29, 1.82) is 0 Å². The van der Waals surface area contributed by atoms with Gasteiger partial charge in [0.2, 0.25) is 0 Å². The van der Waals surface area contributed by atoms with Crippen LogP contribution in [0.1, 0.15) is 24.7 Å². The maximum atomic E-state index is 4.18. The zero-order valence-corrected chi connectivity index (χ0v) is 6.02. The summed E-state index contributed by atoms with van der Waals surface area (Å²) in [5.41, 5.74) is 3.84. The number of hydrogen-bond donors (Lipinski definition) is 1. The van der Waals surface area contributed by atoms with Gasteiger partial charge in [0.05, 0.1) is 12.0 Å². The quantitative estimate of drug-likeness (QED) is 0.575. The van der Waals surface area contributed by atoms with E-state index in [0.29, 0.717) is 0 Å². The van der Waals surface area contributed by atoms with E-state index in [4.69, 9.17) is 0 Å². The first kappa shape index (κ1) is 5.71. The summed E-state index contributed by atoms with van der Waals surface area (Å²) in [5.74, 6) is 0. The Balaban J connectivity index is 2.50. The predicted octanol–water partition coefficient (Wildman–Crippen LogP) is 1.76. The van der Waals surface area contributed by atoms with Crippen LogP contribution in [0.3, 0.4) is 0 Å². The largest absolute Gasteiger partial charge is 0.348 e. The van der Waals surface area contributed by atoms with E-state index < -0.39 is 0 Å². The first-order chi connectivity index (χ1) is 4.86. The van der Waals surface area contributed by atoms with Crippen LogP contribution in [0.2, 0.25) is 0 Å². The normalized spacial score (nSPS) is 16.3. The highest BCUT2D eigenvalue weighted by molar-refractivity contribution is 5.53. The molecule has 1 aliphatic carbocycles. The van der Waals surface area contributed by atoms with Gasteiger partial charge in [-0.1, -0.05) is 5.57 Å². The second-order valence-corrected chi connectivity index (χ2v) is 2.76. The van der Waals surface area contributed by atoms with Crippen molar-refractivity contribution >= 4 is 6.08 Å². The van der Waals surface area contributed by atoms with Crippen LogP contribution in [0, 0.1) is 0 Å². The SMILES string of the molecule is CC1=Cc2nc[nH]c2CC1. The third-order valence-electron chi connectivity index (χ3n) is 1.90. The van der Waals surface area contributed by atoms with E-state index in [-0.39, 0.29) is 0 Å². The molecule has 1 aromatic heterocycles. The van der Waals surface area contributed by atoms with Crippen LogP contribution in [0.4, 0.5) is 0 Å². The van der Waals surface area contributed by atoms with Crippen molar-refractivity contribution in [2.45, 2.75) is 19.8 Å². The van der Waals surface area contributed by atoms with Crippen molar-refractivity contribution in [3.63, 3.8) is 0 Å². The molecule has 1 aromatic rings. The summed E-state index contributed by atoms with van der Waals surface area (Å²) in [6.45, 7) is 2.15. The fourth-order valence-electron chi connectivity index (χ4n) is 1.28. The fourth-order valence-corrected chi connectivity index (χ4v) is 1.28. The van der Waals surface area contributed by atoms with Crippen molar-refractivity contribution in [1.82, 2.24) is 9.97 Å². The molecule has 52 valence electrons. The highest BCUT2D eigenvalue weighted by Crippen LogP contribution is 2.19. The third kappa shape index (κ3) is 0.764. The number of aromatic amines is 1. The average molecular weight is 134 g/mol. The Labute approximate surface area is 60.0 Å². The Morgan fingerprint density at radius 2 is 2.40 bits per heavy atom. The zero-order chi connectivity index (χ0) is 6.97. The molecule has 0 saturated heterocycles. The van der Waals surface area contributed by atoms with Gasteiger partial charge in [0.15, 0.2) is 0 Å². The summed E-state index contributed by atoms with van der Waals surface area (Å²) < 4.78 is 0. The number of nitrogens with zero attached hydrogens (tertiary/aromatic N) is 1. The molecule has 2 heteroatoms. The lowest BCUT2D eigenvalue weighted by atomic mass is 10.0. The van der Waals surface area contributed by atoms with Crippen LogP contribution < -0.4 is 0 Å². The van der Waals surface area contributed by atoms with Gasteiger partial charge in [-0.15, -0.1) is 0 Å². The topological polar surface area (TPSA) is 28.7 Å². The summed E-state index contributed by atoms with van der Waals surface area (Å²) in [4.78, 5) is 7.30. The highest BCUT2D eigenvalue weighted by atomic mass is 14.9. The van der Waals surface area contributed by atoms with Crippen molar-refractivity contribution in [3.8, 4) is 0 Å². The predicted molar refractivity (Wildman–Crippen MR) is 40.6 cm³/mol. The van der Waals surface area contributed by atoms with Crippen LogP contribution in [-0.4, -0.2) is 9.97 Å². The van der Waals surface area contributed by atoms with E-state index in [1.807, 2.05) is 0 Å². The van der Waals surface area contributed by atoms with E-state index in [1.165, 1.54) is 17.7 Å². The molecule has 10 heavy (non-hydrogen) atoms. The van der Waals surface area contributed by atoms with Crippen molar-refractivity contribution in [2.75, 3.05) is 0 Å². The number of rotatable bonds is 0. The number of H-pyrrole nitrogens is 1. The molecule has 2 nitrogen and oxygen atoms in total. The van der Waals surface area contributed by atoms with Gasteiger partial charge in [-0.2, -0.15) is 0 Å². The number of nitrogens with one attached hydrogen (secondary N) is 1. The number of allylic oxidation sites excluding steroid dienone is 1. The fraction of sp³-hybridized carbons (Fsp3) is 0.375. The first-order valence-corrected chi connectivity index (χ1v) is 3.55. The Bertz CT molecular complexity index is 271. The molecule has 1 N–H and O–H groups in total. The minimum absolute atomic E-state index is 1.12. The molecule has 1 heterocycles. The van der Waals surface area contributed by atoms with Gasteiger partial charge in [0.25, 0.3) is 0 Å². The highest BCUT2D eigenvalue weighted by Gasteiger charge is 2.08. The molecular weight excluding hydrogens is 124 g/mol. The van der Waals surface area contributed by atoms with Crippen LogP contribution in [-0.2, 0) is 6.42 Å². The van der Waals surface area contributed by atoms with Crippen LogP contribution in [0.5, 0.6) is 0 Å². The Kier molecular flexibility index (Phi) is 1.13. The lowest BCUT2D eigenvalue weighted by molar-refractivity contribution is 0.896. The molecule has 0 spiro atoms. The third-order valence-corrected chi connectivity index (χ3v) is 1.90. The van der Waals surface area contributed by atoms with Gasteiger partial charge in [0.1, 0.15) is 0 Å². The summed E-state index contributed by atoms with van der Waals surface area (Å²) >= 11 is 0. The van der Waals surface area contributed by atoms with Crippen LogP contribution in [0.15, 0.2) is 11.9 Å². The van der Waals surface area contributed by atoms with Gasteiger partial charge in [-0.3, -0.25) is 0 Å². The standard InChI is InChI=1S/C8H10N2/c1-6-2-3-7-8(4-6)10-5-9-7/h4-5H,2-3H2,1H3,(H,9,10). The van der Waals surface area contributed by atoms with Gasteiger partial charge < -0.3 is 4.98 Å². The number of aromatic nitrogens is 2. The van der Waals surface area contributed by atoms with Gasteiger partial charge in [-0.25, -0.2) is 4.98 Å². The van der Waals surface area contributed by atoms with Gasteiger partial charge in [-0.05, 0) is 25.8 Å². The summed E-state index contributed by atoms with van der Waals surface area (Å²) in [5, 5.41) is 0. The molecule has 0 saturated carbocycles. The van der Waals surface area contributed by atoms with E-state index in [2.05, 4.69) is 23.0 Å². The molecular formula is C8H10N2. The monoisotopic (exact) mass is 134 g/mol. The molecule has 2 rings (SSSR count). The van der Waals surface area contributed by atoms with E-state index in [9.17, 15) is 0 Å². The molecule has 0 amide bonds. The Morgan fingerprint density at radius 3 is 3.30 bits per heavy atom. The first-order valence-electron chi connectivity index (χ1n) is 3.55. The molecule has 0 fully saturated rings. The lowest BCUT2D eigenvalue weighted by Crippen LogP contribution is -1.95. The minimum atomic E-state index is 1.12. The van der Waals surface area contributed by atoms with Crippen molar-refractivity contribution in [3.05, 3.63) is 23.3 Å². The lowest BCUT2D eigenvalue weighted by Gasteiger charge is -2.06. The molecule has 0 atom stereocenters. The molecule has 0 aromatic carbocycles. The van der Waals surface area contributed by atoms with E-state index in [1.54, 1.807) is 6.33 Å². The Morgan fingerprint density at radius 1 is 1.50 bits per heavy atom. The second-order valence-electron chi connectivity index (χ2n) is 2.76. The minimum Gasteiger partial charge on any atom is -0.348 e. The number of fused-ring (bicyclic) bond motifs is 1. The summed E-state index contributed by atoms with van der Waals surface area (Å²) in [7, 11) is 0. The molecule has 0 radical (unpaired) electrons.